The molecule has 0 aromatic carbocycles. The van der Waals surface area contributed by atoms with Crippen LogP contribution in [0.4, 0.5) is 0 Å². The van der Waals surface area contributed by atoms with Crippen molar-refractivity contribution >= 4 is 5.91 Å². The molecular weight excluding hydrogens is 268 g/mol. The fourth-order valence-corrected chi connectivity index (χ4v) is 2.97. The molecule has 0 aliphatic heterocycles. The summed E-state index contributed by atoms with van der Waals surface area (Å²) < 4.78 is 1.47. The van der Waals surface area contributed by atoms with Crippen molar-refractivity contribution in [2.75, 3.05) is 6.54 Å². The molecule has 1 aromatic heterocycles. The normalized spacial score (nSPS) is 17.5. The summed E-state index contributed by atoms with van der Waals surface area (Å²) in [6, 6.07) is 1.83. The molecule has 0 radical (unpaired) electrons. The number of carbonyl (C=O) groups excluding carboxylic acids is 1. The minimum absolute atomic E-state index is 0.169. The van der Waals surface area contributed by atoms with Crippen LogP contribution in [0, 0.1) is 13.8 Å². The van der Waals surface area contributed by atoms with Gasteiger partial charge in [0.1, 0.15) is 5.56 Å². The van der Waals surface area contributed by atoms with Gasteiger partial charge >= 0.3 is 0 Å². The van der Waals surface area contributed by atoms with Crippen LogP contribution in [0.5, 0.6) is 0 Å². The Balaban J connectivity index is 2.14. The molecule has 0 spiro atoms. The van der Waals surface area contributed by atoms with Crippen molar-refractivity contribution in [1.29, 1.82) is 0 Å². The molecular formula is C16H24N2O3. The summed E-state index contributed by atoms with van der Waals surface area (Å²) in [6.07, 6.45) is 4.51. The van der Waals surface area contributed by atoms with Crippen LogP contribution >= 0.6 is 0 Å². The van der Waals surface area contributed by atoms with E-state index in [2.05, 4.69) is 5.32 Å². The van der Waals surface area contributed by atoms with Crippen LogP contribution in [0.15, 0.2) is 10.9 Å². The molecule has 0 saturated heterocycles. The van der Waals surface area contributed by atoms with Gasteiger partial charge in [-0.2, -0.15) is 0 Å². The van der Waals surface area contributed by atoms with Crippen molar-refractivity contribution in [2.45, 2.75) is 51.6 Å². The first-order valence-electron chi connectivity index (χ1n) is 7.52. The van der Waals surface area contributed by atoms with E-state index in [0.29, 0.717) is 18.4 Å². The lowest BCUT2D eigenvalue weighted by Crippen LogP contribution is -2.45. The highest BCUT2D eigenvalue weighted by atomic mass is 16.3. The van der Waals surface area contributed by atoms with E-state index in [1.807, 2.05) is 13.0 Å². The Morgan fingerprint density at radius 3 is 2.57 bits per heavy atom. The molecule has 1 amide bonds. The molecule has 1 fully saturated rings. The number of nitrogens with zero attached hydrogens (tertiary/aromatic N) is 1. The molecule has 5 heteroatoms. The number of hydrogen-bond donors (Lipinski definition) is 2. The lowest BCUT2D eigenvalue weighted by molar-refractivity contribution is 0.00523. The van der Waals surface area contributed by atoms with E-state index in [1.54, 1.807) is 14.0 Å². The second-order valence-electron chi connectivity index (χ2n) is 6.18. The molecule has 2 N–H and O–H groups in total. The van der Waals surface area contributed by atoms with E-state index >= 15 is 0 Å². The second-order valence-corrected chi connectivity index (χ2v) is 6.18. The number of carbonyl (C=O) groups is 1. The molecule has 1 aliphatic rings. The highest BCUT2D eigenvalue weighted by Crippen LogP contribution is 2.27. The van der Waals surface area contributed by atoms with Crippen LogP contribution in [0.2, 0.25) is 0 Å². The molecule has 1 saturated carbocycles. The number of amides is 1. The molecule has 0 unspecified atom stereocenters. The van der Waals surface area contributed by atoms with Gasteiger partial charge in [-0.25, -0.2) is 0 Å². The molecule has 21 heavy (non-hydrogen) atoms. The lowest BCUT2D eigenvalue weighted by atomic mass is 9.85. The Labute approximate surface area is 125 Å². The van der Waals surface area contributed by atoms with Gasteiger partial charge in [0.15, 0.2) is 0 Å². The van der Waals surface area contributed by atoms with Gasteiger partial charge in [-0.05, 0) is 38.3 Å². The van der Waals surface area contributed by atoms with Gasteiger partial charge in [0.25, 0.3) is 11.5 Å². The van der Waals surface area contributed by atoms with Crippen molar-refractivity contribution < 1.29 is 9.90 Å². The van der Waals surface area contributed by atoms with Crippen LogP contribution in [0.25, 0.3) is 0 Å². The van der Waals surface area contributed by atoms with Gasteiger partial charge in [-0.1, -0.05) is 19.3 Å². The summed E-state index contributed by atoms with van der Waals surface area (Å²) in [5.74, 6) is -0.396. The first-order valence-corrected chi connectivity index (χ1v) is 7.52. The van der Waals surface area contributed by atoms with Crippen LogP contribution < -0.4 is 10.9 Å². The Bertz CT molecular complexity index is 598. The Kier molecular flexibility index (Phi) is 4.52. The standard InChI is InChI=1S/C16H24N2O3/c1-11-9-12(2)18(3)15(20)13(11)14(19)17-10-16(21)7-5-4-6-8-16/h9,21H,4-8,10H2,1-3H3,(H,17,19). The van der Waals surface area contributed by atoms with Crippen molar-refractivity contribution in [1.82, 2.24) is 9.88 Å². The first kappa shape index (κ1) is 15.8. The average molecular weight is 292 g/mol. The van der Waals surface area contributed by atoms with Crippen molar-refractivity contribution in [2.24, 2.45) is 7.05 Å². The van der Waals surface area contributed by atoms with E-state index < -0.39 is 11.5 Å². The number of aryl methyl sites for hydroxylation is 2. The van der Waals surface area contributed by atoms with Crippen LogP contribution in [0.3, 0.4) is 0 Å². The largest absolute Gasteiger partial charge is 0.388 e. The van der Waals surface area contributed by atoms with Crippen LogP contribution in [0.1, 0.15) is 53.7 Å². The van der Waals surface area contributed by atoms with Crippen molar-refractivity contribution in [3.05, 3.63) is 33.2 Å². The fourth-order valence-electron chi connectivity index (χ4n) is 2.97. The topological polar surface area (TPSA) is 71.3 Å². The summed E-state index contributed by atoms with van der Waals surface area (Å²) in [5, 5.41) is 13.1. The summed E-state index contributed by atoms with van der Waals surface area (Å²) in [5.41, 5.74) is 0.546. The Hall–Kier alpha value is -1.62. The van der Waals surface area contributed by atoms with Gasteiger partial charge in [0, 0.05) is 19.3 Å². The SMILES string of the molecule is Cc1cc(C)n(C)c(=O)c1C(=O)NCC1(O)CCCCC1. The minimum atomic E-state index is -0.822. The number of nitrogens with one attached hydrogen (secondary N) is 1. The molecule has 1 aliphatic carbocycles. The molecule has 0 bridgehead atoms. The maximum absolute atomic E-state index is 12.3. The highest BCUT2D eigenvalue weighted by molar-refractivity contribution is 5.95. The molecule has 0 atom stereocenters. The third kappa shape index (κ3) is 3.35. The van der Waals surface area contributed by atoms with Crippen LogP contribution in [-0.4, -0.2) is 27.7 Å². The fraction of sp³-hybridized carbons (Fsp3) is 0.625. The third-order valence-corrected chi connectivity index (χ3v) is 4.46. The maximum Gasteiger partial charge on any atom is 0.263 e. The van der Waals surface area contributed by atoms with E-state index in [-0.39, 0.29) is 17.7 Å². The van der Waals surface area contributed by atoms with Gasteiger partial charge in [0.2, 0.25) is 0 Å². The lowest BCUT2D eigenvalue weighted by Gasteiger charge is -2.32. The quantitative estimate of drug-likeness (QED) is 0.885. The van der Waals surface area contributed by atoms with E-state index in [0.717, 1.165) is 25.0 Å². The van der Waals surface area contributed by atoms with Gasteiger partial charge in [0.05, 0.1) is 5.60 Å². The van der Waals surface area contributed by atoms with Crippen molar-refractivity contribution in [3.8, 4) is 0 Å². The predicted octanol–water partition coefficient (Wildman–Crippen LogP) is 1.43. The molecule has 2 rings (SSSR count). The monoisotopic (exact) mass is 292 g/mol. The molecule has 1 heterocycles. The van der Waals surface area contributed by atoms with E-state index in [4.69, 9.17) is 0 Å². The number of aliphatic hydroxyl groups is 1. The number of hydrogen-bond acceptors (Lipinski definition) is 3. The smallest absolute Gasteiger partial charge is 0.263 e. The zero-order valence-electron chi connectivity index (χ0n) is 13.0. The minimum Gasteiger partial charge on any atom is -0.388 e. The summed E-state index contributed by atoms with van der Waals surface area (Å²) in [4.78, 5) is 24.5. The zero-order chi connectivity index (χ0) is 15.6. The Morgan fingerprint density at radius 2 is 1.95 bits per heavy atom. The first-order chi connectivity index (χ1) is 9.84. The molecule has 116 valence electrons. The number of aromatic nitrogens is 1. The van der Waals surface area contributed by atoms with E-state index in [1.165, 1.54) is 4.57 Å². The zero-order valence-corrected chi connectivity index (χ0v) is 13.0. The van der Waals surface area contributed by atoms with Gasteiger partial charge in [-0.15, -0.1) is 0 Å². The second kappa shape index (κ2) is 6.02. The third-order valence-electron chi connectivity index (χ3n) is 4.46. The maximum atomic E-state index is 12.3. The van der Waals surface area contributed by atoms with Crippen LogP contribution in [-0.2, 0) is 7.05 Å². The average Bonchev–Trinajstić information content (AvgIpc) is 2.44. The number of rotatable bonds is 3. The summed E-state index contributed by atoms with van der Waals surface area (Å²) in [6.45, 7) is 3.81. The Morgan fingerprint density at radius 1 is 1.33 bits per heavy atom. The highest BCUT2D eigenvalue weighted by Gasteiger charge is 2.30. The summed E-state index contributed by atoms with van der Waals surface area (Å²) >= 11 is 0. The van der Waals surface area contributed by atoms with Crippen molar-refractivity contribution in [3.63, 3.8) is 0 Å². The predicted molar refractivity (Wildman–Crippen MR) is 81.5 cm³/mol. The summed E-state index contributed by atoms with van der Waals surface area (Å²) in [7, 11) is 1.66. The van der Waals surface area contributed by atoms with E-state index in [9.17, 15) is 14.7 Å². The molecule has 1 aromatic rings. The number of pyridine rings is 1. The van der Waals surface area contributed by atoms with Gasteiger partial charge in [-0.3, -0.25) is 9.59 Å². The van der Waals surface area contributed by atoms with Gasteiger partial charge < -0.3 is 15.0 Å². The molecule has 5 nitrogen and oxygen atoms in total.